The molecular formula is C14H21FN2O3S. The summed E-state index contributed by atoms with van der Waals surface area (Å²) in [5, 5.41) is 9.33. The van der Waals surface area contributed by atoms with Crippen molar-refractivity contribution in [1.82, 2.24) is 9.03 Å². The maximum absolute atomic E-state index is 12.9. The van der Waals surface area contributed by atoms with Crippen molar-refractivity contribution in [2.75, 3.05) is 13.2 Å². The van der Waals surface area contributed by atoms with E-state index in [0.717, 1.165) is 12.8 Å². The maximum Gasteiger partial charge on any atom is 0.280 e. The van der Waals surface area contributed by atoms with Crippen LogP contribution < -0.4 is 4.72 Å². The molecule has 2 rings (SSSR count). The van der Waals surface area contributed by atoms with E-state index in [1.165, 1.54) is 16.4 Å². The molecule has 0 bridgehead atoms. The number of hydrogen-bond acceptors (Lipinski definition) is 3. The molecule has 0 saturated carbocycles. The van der Waals surface area contributed by atoms with Crippen LogP contribution in [0.3, 0.4) is 0 Å². The van der Waals surface area contributed by atoms with Crippen LogP contribution in [0.5, 0.6) is 0 Å². The van der Waals surface area contributed by atoms with E-state index >= 15 is 0 Å². The first-order chi connectivity index (χ1) is 9.94. The number of benzene rings is 1. The second-order valence-electron chi connectivity index (χ2n) is 5.34. The van der Waals surface area contributed by atoms with Gasteiger partial charge in [0.05, 0.1) is 6.61 Å². The van der Waals surface area contributed by atoms with Crippen molar-refractivity contribution < 1.29 is 17.9 Å². The van der Waals surface area contributed by atoms with Gasteiger partial charge >= 0.3 is 0 Å². The Balaban J connectivity index is 2.10. The minimum absolute atomic E-state index is 0.175. The lowest BCUT2D eigenvalue weighted by Gasteiger charge is -2.34. The van der Waals surface area contributed by atoms with Gasteiger partial charge in [-0.25, -0.2) is 4.39 Å². The monoisotopic (exact) mass is 316 g/mol. The second kappa shape index (κ2) is 6.83. The molecule has 118 valence electrons. The summed E-state index contributed by atoms with van der Waals surface area (Å²) in [5.41, 5.74) is 0.692. The van der Waals surface area contributed by atoms with Gasteiger partial charge in [0.1, 0.15) is 5.82 Å². The highest BCUT2D eigenvalue weighted by molar-refractivity contribution is 7.87. The Kier molecular flexibility index (Phi) is 5.32. The van der Waals surface area contributed by atoms with Crippen LogP contribution >= 0.6 is 0 Å². The average Bonchev–Trinajstić information content (AvgIpc) is 2.47. The maximum atomic E-state index is 12.9. The fraction of sp³-hybridized carbons (Fsp3) is 0.571. The summed E-state index contributed by atoms with van der Waals surface area (Å²) < 4.78 is 41.7. The summed E-state index contributed by atoms with van der Waals surface area (Å²) >= 11 is 0. The third kappa shape index (κ3) is 4.00. The first kappa shape index (κ1) is 16.4. The standard InChI is InChI=1S/C14H21FN2O3S/c1-11(12-5-7-13(15)8-6-12)16-21(19,20)17-9-3-2-4-14(17)10-18/h5-8,11,14,16,18H,2-4,9-10H2,1H3. The smallest absolute Gasteiger partial charge is 0.280 e. The molecule has 1 fully saturated rings. The number of halogens is 1. The van der Waals surface area contributed by atoms with Crippen LogP contribution in [-0.2, 0) is 10.2 Å². The van der Waals surface area contributed by atoms with E-state index < -0.39 is 16.3 Å². The molecule has 1 aliphatic heterocycles. The quantitative estimate of drug-likeness (QED) is 0.866. The minimum Gasteiger partial charge on any atom is -0.395 e. The van der Waals surface area contributed by atoms with E-state index in [1.54, 1.807) is 19.1 Å². The summed E-state index contributed by atoms with van der Waals surface area (Å²) in [7, 11) is -3.67. The summed E-state index contributed by atoms with van der Waals surface area (Å²) in [4.78, 5) is 0. The van der Waals surface area contributed by atoms with Crippen LogP contribution in [0.25, 0.3) is 0 Å². The van der Waals surface area contributed by atoms with Gasteiger partial charge in [-0.2, -0.15) is 17.4 Å². The van der Waals surface area contributed by atoms with Crippen molar-refractivity contribution in [1.29, 1.82) is 0 Å². The van der Waals surface area contributed by atoms with E-state index in [2.05, 4.69) is 4.72 Å². The molecule has 7 heteroatoms. The Labute approximate surface area is 125 Å². The Morgan fingerprint density at radius 1 is 1.38 bits per heavy atom. The van der Waals surface area contributed by atoms with Crippen LogP contribution in [0.2, 0.25) is 0 Å². The van der Waals surface area contributed by atoms with E-state index in [0.29, 0.717) is 18.5 Å². The highest BCUT2D eigenvalue weighted by Gasteiger charge is 2.32. The Bertz CT molecular complexity index is 562. The summed E-state index contributed by atoms with van der Waals surface area (Å²) in [6, 6.07) is 4.90. The second-order valence-corrected chi connectivity index (χ2v) is 6.99. The lowest BCUT2D eigenvalue weighted by molar-refractivity contribution is 0.153. The van der Waals surface area contributed by atoms with Crippen molar-refractivity contribution >= 4 is 10.2 Å². The first-order valence-electron chi connectivity index (χ1n) is 7.09. The van der Waals surface area contributed by atoms with E-state index in [4.69, 9.17) is 0 Å². The van der Waals surface area contributed by atoms with Crippen LogP contribution in [0.1, 0.15) is 37.8 Å². The van der Waals surface area contributed by atoms with Gasteiger partial charge in [0, 0.05) is 18.6 Å². The van der Waals surface area contributed by atoms with Crippen LogP contribution in [0.4, 0.5) is 4.39 Å². The lowest BCUT2D eigenvalue weighted by atomic mass is 10.1. The molecular weight excluding hydrogens is 295 g/mol. The van der Waals surface area contributed by atoms with Gasteiger partial charge < -0.3 is 5.11 Å². The average molecular weight is 316 g/mol. The summed E-state index contributed by atoms with van der Waals surface area (Å²) in [6.45, 7) is 1.95. The van der Waals surface area contributed by atoms with E-state index in [-0.39, 0.29) is 18.5 Å². The highest BCUT2D eigenvalue weighted by atomic mass is 32.2. The zero-order valence-electron chi connectivity index (χ0n) is 12.0. The predicted octanol–water partition coefficient (Wildman–Crippen LogP) is 1.57. The van der Waals surface area contributed by atoms with Crippen molar-refractivity contribution in [2.45, 2.75) is 38.3 Å². The molecule has 2 atom stereocenters. The topological polar surface area (TPSA) is 69.6 Å². The third-order valence-electron chi connectivity index (χ3n) is 3.79. The van der Waals surface area contributed by atoms with Gasteiger partial charge in [-0.15, -0.1) is 0 Å². The van der Waals surface area contributed by atoms with Gasteiger partial charge in [-0.05, 0) is 37.5 Å². The molecule has 0 aliphatic carbocycles. The number of aliphatic hydroxyl groups is 1. The Morgan fingerprint density at radius 2 is 2.05 bits per heavy atom. The highest BCUT2D eigenvalue weighted by Crippen LogP contribution is 2.21. The number of rotatable bonds is 5. The fourth-order valence-electron chi connectivity index (χ4n) is 2.58. The van der Waals surface area contributed by atoms with E-state index in [9.17, 15) is 17.9 Å². The number of piperidine rings is 1. The molecule has 1 heterocycles. The number of hydrogen-bond donors (Lipinski definition) is 2. The van der Waals surface area contributed by atoms with Crippen molar-refractivity contribution in [3.8, 4) is 0 Å². The minimum atomic E-state index is -3.67. The summed E-state index contributed by atoms with van der Waals surface area (Å²) in [5.74, 6) is -0.356. The molecule has 21 heavy (non-hydrogen) atoms. The van der Waals surface area contributed by atoms with Crippen LogP contribution in [0, 0.1) is 5.82 Å². The van der Waals surface area contributed by atoms with Crippen molar-refractivity contribution in [3.05, 3.63) is 35.6 Å². The van der Waals surface area contributed by atoms with Gasteiger partial charge in [0.2, 0.25) is 0 Å². The van der Waals surface area contributed by atoms with Crippen molar-refractivity contribution in [3.63, 3.8) is 0 Å². The third-order valence-corrected chi connectivity index (χ3v) is 5.54. The number of nitrogens with one attached hydrogen (secondary N) is 1. The first-order valence-corrected chi connectivity index (χ1v) is 8.53. The van der Waals surface area contributed by atoms with Crippen molar-refractivity contribution in [2.24, 2.45) is 0 Å². The predicted molar refractivity (Wildman–Crippen MR) is 78.3 cm³/mol. The van der Waals surface area contributed by atoms with Gasteiger partial charge in [0.15, 0.2) is 0 Å². The molecule has 1 aromatic carbocycles. The zero-order chi connectivity index (χ0) is 15.5. The molecule has 5 nitrogen and oxygen atoms in total. The van der Waals surface area contributed by atoms with Gasteiger partial charge in [-0.3, -0.25) is 0 Å². The van der Waals surface area contributed by atoms with Gasteiger partial charge in [-0.1, -0.05) is 18.6 Å². The molecule has 1 aliphatic rings. The molecule has 0 radical (unpaired) electrons. The normalized spacial score (nSPS) is 22.1. The van der Waals surface area contributed by atoms with Crippen LogP contribution in [0.15, 0.2) is 24.3 Å². The van der Waals surface area contributed by atoms with Gasteiger partial charge in [0.25, 0.3) is 10.2 Å². The molecule has 0 spiro atoms. The Hall–Kier alpha value is -1.02. The lowest BCUT2D eigenvalue weighted by Crippen LogP contribution is -2.50. The number of nitrogens with zero attached hydrogens (tertiary/aromatic N) is 1. The summed E-state index contributed by atoms with van der Waals surface area (Å²) in [6.07, 6.45) is 2.38. The molecule has 2 N–H and O–H groups in total. The molecule has 1 aromatic rings. The largest absolute Gasteiger partial charge is 0.395 e. The molecule has 0 amide bonds. The SMILES string of the molecule is CC(NS(=O)(=O)N1CCCCC1CO)c1ccc(F)cc1. The number of aliphatic hydroxyl groups excluding tert-OH is 1. The van der Waals surface area contributed by atoms with Crippen LogP contribution in [-0.4, -0.2) is 37.0 Å². The zero-order valence-corrected chi connectivity index (χ0v) is 12.8. The molecule has 0 aromatic heterocycles. The molecule has 1 saturated heterocycles. The Morgan fingerprint density at radius 3 is 2.67 bits per heavy atom. The molecule has 2 unspecified atom stereocenters. The fourth-order valence-corrected chi connectivity index (χ4v) is 4.24. The van der Waals surface area contributed by atoms with E-state index in [1.807, 2.05) is 0 Å².